The van der Waals surface area contributed by atoms with Gasteiger partial charge in [-0.1, -0.05) is 36.4 Å². The lowest BCUT2D eigenvalue weighted by Crippen LogP contribution is -2.28. The molecule has 0 aliphatic heterocycles. The number of carboxylic acid groups (broad SMARTS) is 1. The SMILES string of the molecule is Cn1nc(OCCOc2ncc(Br)cn2)c(-c2ccc(CO)cc2)c1NS(=O)(=O)c1ccc(C(C)(C)C(=O)O)cc1. The highest BCUT2D eigenvalue weighted by Gasteiger charge is 2.30. The highest BCUT2D eigenvalue weighted by Crippen LogP contribution is 2.38. The minimum absolute atomic E-state index is 0.0596. The first kappa shape index (κ1) is 30.0. The van der Waals surface area contributed by atoms with Crippen molar-refractivity contribution in [3.63, 3.8) is 0 Å². The molecule has 4 rings (SSSR count). The van der Waals surface area contributed by atoms with Crippen LogP contribution in [0.5, 0.6) is 11.9 Å². The number of anilines is 1. The lowest BCUT2D eigenvalue weighted by molar-refractivity contribution is -0.142. The minimum Gasteiger partial charge on any atom is -0.481 e. The van der Waals surface area contributed by atoms with Gasteiger partial charge in [0, 0.05) is 19.4 Å². The number of hydrogen-bond donors (Lipinski definition) is 3. The van der Waals surface area contributed by atoms with Crippen molar-refractivity contribution >= 4 is 37.7 Å². The molecule has 0 bridgehead atoms. The van der Waals surface area contributed by atoms with Crippen molar-refractivity contribution in [2.75, 3.05) is 17.9 Å². The van der Waals surface area contributed by atoms with Crippen LogP contribution in [0.15, 0.2) is 70.3 Å². The largest absolute Gasteiger partial charge is 0.481 e. The zero-order chi connectivity index (χ0) is 29.8. The van der Waals surface area contributed by atoms with Crippen molar-refractivity contribution in [3.05, 3.63) is 76.5 Å². The molecular weight excluding hydrogens is 618 g/mol. The third-order valence-corrected chi connectivity index (χ3v) is 8.01. The monoisotopic (exact) mass is 645 g/mol. The van der Waals surface area contributed by atoms with Crippen molar-refractivity contribution in [2.24, 2.45) is 7.05 Å². The first-order valence-corrected chi connectivity index (χ1v) is 14.6. The maximum atomic E-state index is 13.4. The highest BCUT2D eigenvalue weighted by atomic mass is 79.9. The third kappa shape index (κ3) is 6.84. The molecule has 0 spiro atoms. The van der Waals surface area contributed by atoms with E-state index in [0.29, 0.717) is 26.7 Å². The summed E-state index contributed by atoms with van der Waals surface area (Å²) in [6.45, 7) is 3.09. The molecule has 4 aromatic rings. The molecule has 2 heterocycles. The van der Waals surface area contributed by atoms with Gasteiger partial charge in [-0.25, -0.2) is 23.1 Å². The second kappa shape index (κ2) is 12.2. The number of nitrogens with zero attached hydrogens (tertiary/aromatic N) is 4. The van der Waals surface area contributed by atoms with E-state index in [9.17, 15) is 23.4 Å². The van der Waals surface area contributed by atoms with Crippen molar-refractivity contribution < 1.29 is 32.9 Å². The fraction of sp³-hybridized carbons (Fsp3) is 0.259. The normalized spacial score (nSPS) is 11.7. The molecule has 0 unspecified atom stereocenters. The van der Waals surface area contributed by atoms with Crippen LogP contribution in [0.3, 0.4) is 0 Å². The molecule has 3 N–H and O–H groups in total. The van der Waals surface area contributed by atoms with Crippen molar-refractivity contribution in [3.8, 4) is 23.0 Å². The summed E-state index contributed by atoms with van der Waals surface area (Å²) in [5.74, 6) is -0.732. The van der Waals surface area contributed by atoms with Gasteiger partial charge in [0.25, 0.3) is 10.0 Å². The van der Waals surface area contributed by atoms with E-state index >= 15 is 0 Å². The van der Waals surface area contributed by atoms with Crippen LogP contribution in [-0.2, 0) is 33.9 Å². The van der Waals surface area contributed by atoms with E-state index in [-0.39, 0.29) is 42.4 Å². The Kier molecular flexibility index (Phi) is 8.95. The molecule has 0 aliphatic rings. The maximum Gasteiger partial charge on any atom is 0.316 e. The number of aliphatic carboxylic acids is 1. The third-order valence-electron chi connectivity index (χ3n) is 6.24. The Balaban J connectivity index is 1.62. The minimum atomic E-state index is -4.11. The smallest absolute Gasteiger partial charge is 0.316 e. The zero-order valence-corrected chi connectivity index (χ0v) is 24.8. The first-order valence-electron chi connectivity index (χ1n) is 12.3. The highest BCUT2D eigenvalue weighted by molar-refractivity contribution is 9.10. The fourth-order valence-corrected chi connectivity index (χ4v) is 5.07. The summed E-state index contributed by atoms with van der Waals surface area (Å²) in [6.07, 6.45) is 3.10. The molecule has 41 heavy (non-hydrogen) atoms. The summed E-state index contributed by atoms with van der Waals surface area (Å²) >= 11 is 3.26. The van der Waals surface area contributed by atoms with Gasteiger partial charge >= 0.3 is 12.0 Å². The Labute approximate surface area is 245 Å². The van der Waals surface area contributed by atoms with Crippen molar-refractivity contribution in [1.82, 2.24) is 19.7 Å². The average Bonchev–Trinajstić information content (AvgIpc) is 3.25. The molecular formula is C27H28BrN5O7S. The number of rotatable bonds is 12. The van der Waals surface area contributed by atoms with E-state index in [4.69, 9.17) is 9.47 Å². The number of carboxylic acids is 1. The zero-order valence-electron chi connectivity index (χ0n) is 22.4. The van der Waals surface area contributed by atoms with Gasteiger partial charge in [-0.15, -0.1) is 5.10 Å². The Morgan fingerprint density at radius 2 is 1.63 bits per heavy atom. The quantitative estimate of drug-likeness (QED) is 0.193. The van der Waals surface area contributed by atoms with E-state index in [1.807, 2.05) is 0 Å². The molecule has 0 amide bonds. The Morgan fingerprint density at radius 3 is 2.22 bits per heavy atom. The Hall–Kier alpha value is -4.01. The molecule has 2 aromatic heterocycles. The summed E-state index contributed by atoms with van der Waals surface area (Å²) in [5.41, 5.74) is 0.920. The number of aryl methyl sites for hydroxylation is 1. The van der Waals surface area contributed by atoms with Crippen LogP contribution in [0.4, 0.5) is 5.82 Å². The molecule has 216 valence electrons. The molecule has 12 nitrogen and oxygen atoms in total. The number of ether oxygens (including phenoxy) is 2. The number of nitrogens with one attached hydrogen (secondary N) is 1. The second-order valence-electron chi connectivity index (χ2n) is 9.45. The van der Waals surface area contributed by atoms with E-state index in [0.717, 1.165) is 0 Å². The summed E-state index contributed by atoms with van der Waals surface area (Å²) < 4.78 is 42.9. The van der Waals surface area contributed by atoms with Gasteiger partial charge in [0.15, 0.2) is 0 Å². The number of halogens is 1. The first-order chi connectivity index (χ1) is 19.4. The predicted molar refractivity (Wildman–Crippen MR) is 153 cm³/mol. The maximum absolute atomic E-state index is 13.4. The second-order valence-corrected chi connectivity index (χ2v) is 12.0. The number of aliphatic hydroxyl groups excluding tert-OH is 1. The lowest BCUT2D eigenvalue weighted by Gasteiger charge is -2.20. The molecule has 0 saturated heterocycles. The van der Waals surface area contributed by atoms with Crippen LogP contribution in [0.25, 0.3) is 11.1 Å². The standard InChI is InChI=1S/C27H28BrN5O7S/c1-27(2,25(35)36)19-8-10-21(11-9-19)41(37,38)32-23-22(18-6-4-17(16-34)5-7-18)24(31-33(23)3)39-12-13-40-26-29-14-20(28)15-30-26/h4-11,14-15,32,34H,12-13,16H2,1-3H3,(H,35,36). The number of carbonyl (C=O) groups is 1. The van der Waals surface area contributed by atoms with Gasteiger partial charge in [0.05, 0.1) is 27.0 Å². The van der Waals surface area contributed by atoms with Crippen LogP contribution in [-0.4, -0.2) is 57.6 Å². The van der Waals surface area contributed by atoms with E-state index in [2.05, 4.69) is 35.7 Å². The van der Waals surface area contributed by atoms with Gasteiger partial charge in [-0.3, -0.25) is 9.52 Å². The lowest BCUT2D eigenvalue weighted by atomic mass is 9.85. The van der Waals surface area contributed by atoms with Crippen LogP contribution >= 0.6 is 15.9 Å². The van der Waals surface area contributed by atoms with Crippen LogP contribution in [0, 0.1) is 0 Å². The van der Waals surface area contributed by atoms with E-state index < -0.39 is 21.4 Å². The van der Waals surface area contributed by atoms with Gasteiger partial charge in [-0.05, 0) is 58.6 Å². The number of aliphatic hydroxyl groups is 1. The summed E-state index contributed by atoms with van der Waals surface area (Å²) in [4.78, 5) is 19.6. The fourth-order valence-electron chi connectivity index (χ4n) is 3.76. The number of hydrogen-bond acceptors (Lipinski definition) is 9. The van der Waals surface area contributed by atoms with Gasteiger partial charge in [0.2, 0.25) is 5.88 Å². The Bertz CT molecular complexity index is 1620. The summed E-state index contributed by atoms with van der Waals surface area (Å²) in [6, 6.07) is 12.7. The Morgan fingerprint density at radius 1 is 1.02 bits per heavy atom. The van der Waals surface area contributed by atoms with Gasteiger partial charge in [-0.2, -0.15) is 0 Å². The summed E-state index contributed by atoms with van der Waals surface area (Å²) in [7, 11) is -2.54. The molecule has 0 atom stereocenters. The van der Waals surface area contributed by atoms with E-state index in [1.54, 1.807) is 57.6 Å². The molecule has 0 aliphatic carbocycles. The van der Waals surface area contributed by atoms with Crippen LogP contribution in [0.2, 0.25) is 0 Å². The predicted octanol–water partition coefficient (Wildman–Crippen LogP) is 3.75. The molecule has 2 aromatic carbocycles. The van der Waals surface area contributed by atoms with Gasteiger partial charge < -0.3 is 19.7 Å². The average molecular weight is 647 g/mol. The van der Waals surface area contributed by atoms with Crippen LogP contribution in [0.1, 0.15) is 25.0 Å². The van der Waals surface area contributed by atoms with E-state index in [1.165, 1.54) is 28.9 Å². The van der Waals surface area contributed by atoms with Crippen molar-refractivity contribution in [1.29, 1.82) is 0 Å². The van der Waals surface area contributed by atoms with Crippen LogP contribution < -0.4 is 14.2 Å². The number of benzene rings is 2. The molecule has 0 saturated carbocycles. The molecule has 14 heteroatoms. The molecule has 0 fully saturated rings. The number of aromatic nitrogens is 4. The topological polar surface area (TPSA) is 166 Å². The molecule has 0 radical (unpaired) electrons. The number of sulfonamides is 1. The van der Waals surface area contributed by atoms with Crippen molar-refractivity contribution in [2.45, 2.75) is 30.8 Å². The van der Waals surface area contributed by atoms with Gasteiger partial charge in [0.1, 0.15) is 19.0 Å². The summed E-state index contributed by atoms with van der Waals surface area (Å²) in [5, 5.41) is 23.3.